The molecule has 1 heterocycles. The number of rotatable bonds is 6. The molecule has 13 heteroatoms. The molecule has 3 aromatic rings. The van der Waals surface area contributed by atoms with Crippen molar-refractivity contribution in [3.8, 4) is 5.69 Å². The van der Waals surface area contributed by atoms with Gasteiger partial charge in [-0.25, -0.2) is 21.9 Å². The first-order valence-electron chi connectivity index (χ1n) is 7.66. The summed E-state index contributed by atoms with van der Waals surface area (Å²) in [5.74, 6) is -2.18. The predicted molar refractivity (Wildman–Crippen MR) is 90.9 cm³/mol. The van der Waals surface area contributed by atoms with Crippen molar-refractivity contribution in [1.82, 2.24) is 24.9 Å². The first-order valence-corrected chi connectivity index (χ1v) is 9.15. The molecule has 2 aromatic carbocycles. The zero-order valence-corrected chi connectivity index (χ0v) is 15.0. The van der Waals surface area contributed by atoms with Crippen LogP contribution in [0, 0.1) is 28.7 Å². The summed E-state index contributed by atoms with van der Waals surface area (Å²) in [7, 11) is -4.13. The third-order valence-electron chi connectivity index (χ3n) is 3.77. The van der Waals surface area contributed by atoms with Crippen molar-refractivity contribution >= 4 is 15.7 Å². The molecular formula is C15H12F2N6O4S. The van der Waals surface area contributed by atoms with Gasteiger partial charge in [0.2, 0.25) is 10.0 Å². The van der Waals surface area contributed by atoms with E-state index in [9.17, 15) is 27.3 Å². The minimum atomic E-state index is -4.13. The zero-order chi connectivity index (χ0) is 20.5. The fourth-order valence-electron chi connectivity index (χ4n) is 2.36. The number of sulfonamides is 1. The first kappa shape index (κ1) is 19.4. The number of hydrogen-bond donors (Lipinski definition) is 1. The third-order valence-corrected chi connectivity index (χ3v) is 5.32. The molecular weight excluding hydrogens is 398 g/mol. The van der Waals surface area contributed by atoms with Crippen molar-refractivity contribution in [2.24, 2.45) is 0 Å². The van der Waals surface area contributed by atoms with Crippen LogP contribution in [0.2, 0.25) is 0 Å². The second-order valence-corrected chi connectivity index (χ2v) is 7.37. The first-order chi connectivity index (χ1) is 13.2. The van der Waals surface area contributed by atoms with Gasteiger partial charge in [0.1, 0.15) is 0 Å². The Morgan fingerprint density at radius 1 is 1.18 bits per heavy atom. The van der Waals surface area contributed by atoms with E-state index in [-0.39, 0.29) is 22.1 Å². The molecule has 28 heavy (non-hydrogen) atoms. The molecule has 0 radical (unpaired) electrons. The molecule has 1 aromatic heterocycles. The molecule has 0 aliphatic rings. The average molecular weight is 410 g/mol. The molecule has 0 unspecified atom stereocenters. The highest BCUT2D eigenvalue weighted by Gasteiger charge is 2.22. The molecule has 0 saturated heterocycles. The summed E-state index contributed by atoms with van der Waals surface area (Å²) in [4.78, 5) is 9.92. The van der Waals surface area contributed by atoms with Crippen LogP contribution in [0.15, 0.2) is 41.3 Å². The maximum absolute atomic E-state index is 13.4. The topological polar surface area (TPSA) is 133 Å². The fraction of sp³-hybridized carbons (Fsp3) is 0.133. The van der Waals surface area contributed by atoms with Gasteiger partial charge in [0.15, 0.2) is 17.5 Å². The number of nitrogens with zero attached hydrogens (tertiary/aromatic N) is 5. The maximum Gasteiger partial charge on any atom is 0.270 e. The molecule has 3 rings (SSSR count). The van der Waals surface area contributed by atoms with E-state index in [0.717, 1.165) is 22.9 Å². The van der Waals surface area contributed by atoms with Crippen molar-refractivity contribution < 1.29 is 22.1 Å². The van der Waals surface area contributed by atoms with Crippen molar-refractivity contribution in [3.05, 3.63) is 69.5 Å². The van der Waals surface area contributed by atoms with Gasteiger partial charge in [0, 0.05) is 18.2 Å². The van der Waals surface area contributed by atoms with Crippen LogP contribution in [0.25, 0.3) is 5.69 Å². The van der Waals surface area contributed by atoms with Crippen LogP contribution in [0.4, 0.5) is 14.5 Å². The monoisotopic (exact) mass is 410 g/mol. The van der Waals surface area contributed by atoms with Gasteiger partial charge in [0.25, 0.3) is 5.69 Å². The lowest BCUT2D eigenvalue weighted by molar-refractivity contribution is -0.385. The summed E-state index contributed by atoms with van der Waals surface area (Å²) in [6, 6.07) is 6.41. The second kappa shape index (κ2) is 7.36. The number of halogens is 2. The van der Waals surface area contributed by atoms with Gasteiger partial charge in [-0.2, -0.15) is 4.68 Å². The fourth-order valence-corrected chi connectivity index (χ4v) is 3.60. The molecule has 0 fully saturated rings. The number of aryl methyl sites for hydroxylation is 1. The summed E-state index contributed by atoms with van der Waals surface area (Å²) in [5.41, 5.74) is 0.0144. The lowest BCUT2D eigenvalue weighted by Gasteiger charge is -2.09. The van der Waals surface area contributed by atoms with Gasteiger partial charge in [-0.15, -0.1) is 5.10 Å². The maximum atomic E-state index is 13.4. The van der Waals surface area contributed by atoms with Crippen molar-refractivity contribution in [3.63, 3.8) is 0 Å². The number of nitro groups is 1. The third kappa shape index (κ3) is 3.84. The van der Waals surface area contributed by atoms with Gasteiger partial charge in [-0.3, -0.25) is 10.1 Å². The van der Waals surface area contributed by atoms with Crippen molar-refractivity contribution in [2.75, 3.05) is 0 Å². The molecule has 0 atom stereocenters. The van der Waals surface area contributed by atoms with E-state index >= 15 is 0 Å². The standard InChI is InChI=1S/C15H12F2N6O4S/c1-9-2-3-11(23(24)25)7-14(9)28(26,27)18-8-15-19-20-21-22(15)10-4-5-12(16)13(17)6-10/h2-7,18H,8H2,1H3. The van der Waals surface area contributed by atoms with E-state index in [4.69, 9.17) is 0 Å². The minimum Gasteiger partial charge on any atom is -0.258 e. The van der Waals surface area contributed by atoms with Crippen LogP contribution >= 0.6 is 0 Å². The number of tetrazole rings is 1. The minimum absolute atomic E-state index is 0.00216. The van der Waals surface area contributed by atoms with Gasteiger partial charge in [-0.1, -0.05) is 6.07 Å². The molecule has 146 valence electrons. The van der Waals surface area contributed by atoms with Crippen LogP contribution < -0.4 is 4.72 Å². The molecule has 0 saturated carbocycles. The van der Waals surface area contributed by atoms with E-state index in [1.807, 2.05) is 0 Å². The van der Waals surface area contributed by atoms with E-state index in [0.29, 0.717) is 5.56 Å². The molecule has 0 bridgehead atoms. The van der Waals surface area contributed by atoms with Crippen molar-refractivity contribution in [2.45, 2.75) is 18.4 Å². The Bertz CT molecular complexity index is 1170. The molecule has 0 amide bonds. The van der Waals surface area contributed by atoms with Crippen LogP contribution in [0.1, 0.15) is 11.4 Å². The smallest absolute Gasteiger partial charge is 0.258 e. The number of nitrogens with one attached hydrogen (secondary N) is 1. The van der Waals surface area contributed by atoms with Crippen LogP contribution in [0.3, 0.4) is 0 Å². The molecule has 0 aliphatic carbocycles. The second-order valence-electron chi connectivity index (χ2n) is 5.64. The number of non-ortho nitro benzene ring substituents is 1. The predicted octanol–water partition coefficient (Wildman–Crippen LogP) is 1.64. The van der Waals surface area contributed by atoms with Crippen LogP contribution in [-0.2, 0) is 16.6 Å². The lowest BCUT2D eigenvalue weighted by Crippen LogP contribution is -2.26. The van der Waals surface area contributed by atoms with Gasteiger partial charge in [-0.05, 0) is 35.0 Å². The average Bonchev–Trinajstić information content (AvgIpc) is 3.11. The van der Waals surface area contributed by atoms with E-state index in [2.05, 4.69) is 20.2 Å². The van der Waals surface area contributed by atoms with E-state index in [1.165, 1.54) is 25.1 Å². The summed E-state index contributed by atoms with van der Waals surface area (Å²) < 4.78 is 54.9. The number of nitro benzene ring substituents is 1. The zero-order valence-electron chi connectivity index (χ0n) is 14.2. The summed E-state index contributed by atoms with van der Waals surface area (Å²) in [5, 5.41) is 21.6. The lowest BCUT2D eigenvalue weighted by atomic mass is 10.2. The molecule has 0 spiro atoms. The normalized spacial score (nSPS) is 11.5. The highest BCUT2D eigenvalue weighted by atomic mass is 32.2. The van der Waals surface area contributed by atoms with Gasteiger partial charge < -0.3 is 0 Å². The van der Waals surface area contributed by atoms with Crippen molar-refractivity contribution in [1.29, 1.82) is 0 Å². The largest absolute Gasteiger partial charge is 0.270 e. The number of benzene rings is 2. The SMILES string of the molecule is Cc1ccc([N+](=O)[O-])cc1S(=O)(=O)NCc1nnnn1-c1ccc(F)c(F)c1. The van der Waals surface area contributed by atoms with Crippen LogP contribution in [0.5, 0.6) is 0 Å². The summed E-state index contributed by atoms with van der Waals surface area (Å²) >= 11 is 0. The Kier molecular flexibility index (Phi) is 5.11. The molecule has 1 N–H and O–H groups in total. The molecule has 0 aliphatic heterocycles. The Hall–Kier alpha value is -3.32. The molecule has 10 nitrogen and oxygen atoms in total. The van der Waals surface area contributed by atoms with Gasteiger partial charge in [0.05, 0.1) is 22.1 Å². The summed E-state index contributed by atoms with van der Waals surface area (Å²) in [6.45, 7) is 1.10. The highest BCUT2D eigenvalue weighted by molar-refractivity contribution is 7.89. The van der Waals surface area contributed by atoms with Gasteiger partial charge >= 0.3 is 0 Å². The van der Waals surface area contributed by atoms with Crippen LogP contribution in [-0.4, -0.2) is 33.5 Å². The quantitative estimate of drug-likeness (QED) is 0.482. The Balaban J connectivity index is 1.87. The number of hydrogen-bond acceptors (Lipinski definition) is 7. The highest BCUT2D eigenvalue weighted by Crippen LogP contribution is 2.22. The Labute approximate surface area is 157 Å². The van der Waals surface area contributed by atoms with E-state index < -0.39 is 33.1 Å². The van der Waals surface area contributed by atoms with E-state index in [1.54, 1.807) is 0 Å². The Morgan fingerprint density at radius 2 is 1.93 bits per heavy atom. The Morgan fingerprint density at radius 3 is 2.61 bits per heavy atom. The number of aromatic nitrogens is 4. The summed E-state index contributed by atoms with van der Waals surface area (Å²) in [6.07, 6.45) is 0.